The fraction of sp³-hybridized carbons (Fsp3) is 0.480. The van der Waals surface area contributed by atoms with Crippen LogP contribution >= 0.6 is 12.4 Å². The van der Waals surface area contributed by atoms with Gasteiger partial charge in [-0.3, -0.25) is 4.79 Å². The molecule has 30 heavy (non-hydrogen) atoms. The van der Waals surface area contributed by atoms with Gasteiger partial charge in [-0.1, -0.05) is 61.0 Å². The van der Waals surface area contributed by atoms with Crippen molar-refractivity contribution in [3.05, 3.63) is 71.3 Å². The summed E-state index contributed by atoms with van der Waals surface area (Å²) >= 11 is 0. The minimum absolute atomic E-state index is 0. The Balaban J connectivity index is 0.00000256. The molecule has 2 atom stereocenters. The minimum atomic E-state index is 0. The van der Waals surface area contributed by atoms with E-state index >= 15 is 0 Å². The molecule has 0 aliphatic heterocycles. The number of benzene rings is 2. The molecule has 4 nitrogen and oxygen atoms in total. The first-order valence-corrected chi connectivity index (χ1v) is 10.9. The highest BCUT2D eigenvalue weighted by molar-refractivity contribution is 5.85. The Morgan fingerprint density at radius 1 is 0.933 bits per heavy atom. The predicted octanol–water partition coefficient (Wildman–Crippen LogP) is 4.60. The van der Waals surface area contributed by atoms with Crippen molar-refractivity contribution in [1.29, 1.82) is 0 Å². The molecule has 2 bridgehead atoms. The summed E-state index contributed by atoms with van der Waals surface area (Å²) in [5, 5.41) is 3.16. The van der Waals surface area contributed by atoms with E-state index in [0.29, 0.717) is 37.6 Å². The molecule has 1 amide bonds. The first-order valence-electron chi connectivity index (χ1n) is 10.9. The summed E-state index contributed by atoms with van der Waals surface area (Å²) in [6, 6.07) is 18.8. The van der Waals surface area contributed by atoms with E-state index in [2.05, 4.69) is 35.6 Å². The number of carbonyl (C=O) groups excluding carboxylic acids is 1. The van der Waals surface area contributed by atoms with E-state index in [1.807, 2.05) is 24.3 Å². The lowest BCUT2D eigenvalue weighted by Crippen LogP contribution is -2.49. The molecule has 2 unspecified atom stereocenters. The quantitative estimate of drug-likeness (QED) is 0.677. The molecule has 0 radical (unpaired) electrons. The van der Waals surface area contributed by atoms with E-state index in [-0.39, 0.29) is 24.2 Å². The Morgan fingerprint density at radius 2 is 1.57 bits per heavy atom. The van der Waals surface area contributed by atoms with Crippen molar-refractivity contribution < 1.29 is 9.53 Å². The molecule has 2 fully saturated rings. The maximum absolute atomic E-state index is 12.7. The number of amides is 1. The fourth-order valence-corrected chi connectivity index (χ4v) is 5.03. The largest absolute Gasteiger partial charge is 0.372 e. The number of hydrogen-bond acceptors (Lipinski definition) is 3. The van der Waals surface area contributed by atoms with Crippen molar-refractivity contribution >= 4 is 18.3 Å². The smallest absolute Gasteiger partial charge is 0.223 e. The molecule has 2 aliphatic carbocycles. The molecule has 3 N–H and O–H groups in total. The number of nitrogens with two attached hydrogens (primary N) is 1. The van der Waals surface area contributed by atoms with E-state index in [9.17, 15) is 4.79 Å². The molecule has 0 aromatic heterocycles. The zero-order valence-electron chi connectivity index (χ0n) is 17.5. The normalized spacial score (nSPS) is 25.2. The highest BCUT2D eigenvalue weighted by atomic mass is 35.5. The summed E-state index contributed by atoms with van der Waals surface area (Å²) in [4.78, 5) is 12.7. The van der Waals surface area contributed by atoms with E-state index in [1.54, 1.807) is 0 Å². The molecule has 4 rings (SSSR count). The van der Waals surface area contributed by atoms with E-state index in [0.717, 1.165) is 24.0 Å². The summed E-state index contributed by atoms with van der Waals surface area (Å²) in [7, 11) is 0. The van der Waals surface area contributed by atoms with E-state index in [1.165, 1.54) is 24.8 Å². The van der Waals surface area contributed by atoms with Crippen LogP contribution in [-0.4, -0.2) is 11.9 Å². The molecular weight excluding hydrogens is 396 g/mol. The van der Waals surface area contributed by atoms with Crippen LogP contribution in [0.4, 0.5) is 0 Å². The standard InChI is InChI=1S/C25H32N2O2.ClH/c26-24-21-10-5-11-22(24)14-23(13-21)25(28)27-15-19-8-4-9-20(12-19)17-29-16-18-6-2-1-3-7-18;/h1-4,6-9,12,21-24H,5,10-11,13-17,26H2,(H,27,28);1H. The second kappa shape index (κ2) is 10.9. The van der Waals surface area contributed by atoms with Crippen LogP contribution in [-0.2, 0) is 29.3 Å². The Bertz CT molecular complexity index is 800. The lowest BCUT2D eigenvalue weighted by molar-refractivity contribution is -0.128. The van der Waals surface area contributed by atoms with E-state index < -0.39 is 0 Å². The van der Waals surface area contributed by atoms with Gasteiger partial charge in [-0.25, -0.2) is 0 Å². The molecule has 2 saturated carbocycles. The van der Waals surface area contributed by atoms with Gasteiger partial charge in [0.2, 0.25) is 5.91 Å². The van der Waals surface area contributed by atoms with Gasteiger partial charge >= 0.3 is 0 Å². The molecule has 162 valence electrons. The molecule has 2 aliphatic rings. The number of fused-ring (bicyclic) bond motifs is 2. The Labute approximate surface area is 186 Å². The summed E-state index contributed by atoms with van der Waals surface area (Å²) in [5.41, 5.74) is 9.78. The lowest BCUT2D eigenvalue weighted by Gasteiger charge is -2.43. The SMILES string of the molecule is Cl.NC1C2CCCC1CC(C(=O)NCc1cccc(COCc3ccccc3)c1)C2. The van der Waals surface area contributed by atoms with Crippen LogP contribution in [0.3, 0.4) is 0 Å². The molecule has 5 heteroatoms. The third kappa shape index (κ3) is 5.84. The minimum Gasteiger partial charge on any atom is -0.372 e. The number of halogens is 1. The van der Waals surface area contributed by atoms with Crippen molar-refractivity contribution in [2.45, 2.75) is 57.9 Å². The van der Waals surface area contributed by atoms with Gasteiger partial charge in [0.25, 0.3) is 0 Å². The van der Waals surface area contributed by atoms with Gasteiger partial charge in [0.05, 0.1) is 13.2 Å². The summed E-state index contributed by atoms with van der Waals surface area (Å²) in [6.07, 6.45) is 5.56. The Morgan fingerprint density at radius 3 is 2.30 bits per heavy atom. The zero-order valence-corrected chi connectivity index (χ0v) is 18.3. The maximum Gasteiger partial charge on any atom is 0.223 e. The molecule has 0 saturated heterocycles. The van der Waals surface area contributed by atoms with Crippen LogP contribution in [0.1, 0.15) is 48.8 Å². The van der Waals surface area contributed by atoms with Crippen LogP contribution in [0.15, 0.2) is 54.6 Å². The second-order valence-electron chi connectivity index (χ2n) is 8.71. The molecule has 0 spiro atoms. The number of hydrogen-bond donors (Lipinski definition) is 2. The van der Waals surface area contributed by atoms with Crippen molar-refractivity contribution in [2.75, 3.05) is 0 Å². The van der Waals surface area contributed by atoms with Gasteiger partial charge in [0, 0.05) is 18.5 Å². The Hall–Kier alpha value is -1.88. The monoisotopic (exact) mass is 428 g/mol. The summed E-state index contributed by atoms with van der Waals surface area (Å²) < 4.78 is 5.83. The van der Waals surface area contributed by atoms with Gasteiger partial charge in [-0.2, -0.15) is 0 Å². The number of ether oxygens (including phenoxy) is 1. The molecule has 0 heterocycles. The van der Waals surface area contributed by atoms with Gasteiger partial charge in [-0.15, -0.1) is 12.4 Å². The van der Waals surface area contributed by atoms with Gasteiger partial charge < -0.3 is 15.8 Å². The lowest BCUT2D eigenvalue weighted by atomic mass is 9.65. The summed E-state index contributed by atoms with van der Waals surface area (Å²) in [5.74, 6) is 1.38. The zero-order chi connectivity index (χ0) is 20.1. The molecule has 2 aromatic rings. The Kier molecular flexibility index (Phi) is 8.32. The maximum atomic E-state index is 12.7. The van der Waals surface area contributed by atoms with Crippen molar-refractivity contribution in [3.8, 4) is 0 Å². The highest BCUT2D eigenvalue weighted by Crippen LogP contribution is 2.41. The number of carbonyl (C=O) groups is 1. The van der Waals surface area contributed by atoms with Gasteiger partial charge in [-0.05, 0) is 54.2 Å². The topological polar surface area (TPSA) is 64.4 Å². The van der Waals surface area contributed by atoms with Crippen LogP contribution in [0.5, 0.6) is 0 Å². The molecule has 2 aromatic carbocycles. The van der Waals surface area contributed by atoms with Crippen LogP contribution in [0.25, 0.3) is 0 Å². The van der Waals surface area contributed by atoms with E-state index in [4.69, 9.17) is 10.5 Å². The van der Waals surface area contributed by atoms with Crippen LogP contribution in [0.2, 0.25) is 0 Å². The fourth-order valence-electron chi connectivity index (χ4n) is 5.03. The average molecular weight is 429 g/mol. The van der Waals surface area contributed by atoms with Crippen LogP contribution < -0.4 is 11.1 Å². The number of nitrogens with one attached hydrogen (secondary N) is 1. The predicted molar refractivity (Wildman–Crippen MR) is 122 cm³/mol. The third-order valence-corrected chi connectivity index (χ3v) is 6.62. The average Bonchev–Trinajstić information content (AvgIpc) is 2.73. The van der Waals surface area contributed by atoms with Gasteiger partial charge in [0.1, 0.15) is 0 Å². The highest BCUT2D eigenvalue weighted by Gasteiger charge is 2.40. The first-order chi connectivity index (χ1) is 14.2. The number of rotatable bonds is 7. The molecular formula is C25H33ClN2O2. The van der Waals surface area contributed by atoms with Gasteiger partial charge in [0.15, 0.2) is 0 Å². The summed E-state index contributed by atoms with van der Waals surface area (Å²) in [6.45, 7) is 1.75. The third-order valence-electron chi connectivity index (χ3n) is 6.62. The van der Waals surface area contributed by atoms with Crippen LogP contribution in [0, 0.1) is 17.8 Å². The van der Waals surface area contributed by atoms with Crippen molar-refractivity contribution in [1.82, 2.24) is 5.32 Å². The van der Waals surface area contributed by atoms with Crippen molar-refractivity contribution in [2.24, 2.45) is 23.5 Å². The van der Waals surface area contributed by atoms with Crippen molar-refractivity contribution in [3.63, 3.8) is 0 Å². The first kappa shape index (κ1) is 22.8. The second-order valence-corrected chi connectivity index (χ2v) is 8.71.